The van der Waals surface area contributed by atoms with Gasteiger partial charge < -0.3 is 14.0 Å². The van der Waals surface area contributed by atoms with Crippen LogP contribution >= 0.6 is 0 Å². The highest BCUT2D eigenvalue weighted by atomic mass is 16.5. The summed E-state index contributed by atoms with van der Waals surface area (Å²) in [4.78, 5) is 4.44. The van der Waals surface area contributed by atoms with E-state index in [1.165, 1.54) is 0 Å². The number of methoxy groups -OCH3 is 2. The molecule has 0 radical (unpaired) electrons. The molecular weight excluding hydrogens is 242 g/mol. The predicted octanol–water partition coefficient (Wildman–Crippen LogP) is 2.28. The van der Waals surface area contributed by atoms with Crippen molar-refractivity contribution >= 4 is 0 Å². The minimum atomic E-state index is 0.515. The first-order chi connectivity index (χ1) is 9.12. The Morgan fingerprint density at radius 2 is 2.00 bits per heavy atom. The van der Waals surface area contributed by atoms with E-state index in [1.807, 2.05) is 26.1 Å². The van der Waals surface area contributed by atoms with Crippen molar-refractivity contribution in [2.24, 2.45) is 7.05 Å². The van der Waals surface area contributed by atoms with Crippen molar-refractivity contribution < 1.29 is 9.47 Å². The molecule has 0 aliphatic rings. The highest BCUT2D eigenvalue weighted by Crippen LogP contribution is 2.34. The normalized spacial score (nSPS) is 10.1. The Bertz CT molecular complexity index is 653. The third-order valence-corrected chi connectivity index (χ3v) is 3.09. The van der Waals surface area contributed by atoms with E-state index in [9.17, 15) is 5.26 Å². The van der Waals surface area contributed by atoms with Gasteiger partial charge in [-0.15, -0.1) is 0 Å². The quantitative estimate of drug-likeness (QED) is 0.846. The molecule has 1 aromatic carbocycles. The van der Waals surface area contributed by atoms with Crippen molar-refractivity contribution in [2.45, 2.75) is 6.92 Å². The second kappa shape index (κ2) is 5.02. The van der Waals surface area contributed by atoms with Gasteiger partial charge >= 0.3 is 0 Å². The minimum absolute atomic E-state index is 0.515. The van der Waals surface area contributed by atoms with Gasteiger partial charge in [0, 0.05) is 18.7 Å². The number of hydrogen-bond acceptors (Lipinski definition) is 4. The fourth-order valence-electron chi connectivity index (χ4n) is 1.92. The molecule has 5 heteroatoms. The summed E-state index contributed by atoms with van der Waals surface area (Å²) in [5.74, 6) is 2.12. The van der Waals surface area contributed by atoms with Crippen LogP contribution in [0.25, 0.3) is 11.3 Å². The summed E-state index contributed by atoms with van der Waals surface area (Å²) in [6.07, 6.45) is 0. The van der Waals surface area contributed by atoms with Gasteiger partial charge in [-0.3, -0.25) is 0 Å². The zero-order chi connectivity index (χ0) is 14.0. The van der Waals surface area contributed by atoms with E-state index in [4.69, 9.17) is 9.47 Å². The second-order valence-electron chi connectivity index (χ2n) is 4.09. The Morgan fingerprint density at radius 3 is 2.58 bits per heavy atom. The molecular formula is C14H15N3O2. The van der Waals surface area contributed by atoms with Gasteiger partial charge in [0.25, 0.3) is 0 Å². The average Bonchev–Trinajstić information content (AvgIpc) is 2.73. The molecule has 0 saturated heterocycles. The van der Waals surface area contributed by atoms with E-state index in [0.29, 0.717) is 22.9 Å². The number of benzene rings is 1. The lowest BCUT2D eigenvalue weighted by atomic mass is 10.1. The molecule has 1 aromatic heterocycles. The first kappa shape index (κ1) is 13.0. The first-order valence-corrected chi connectivity index (χ1v) is 5.78. The van der Waals surface area contributed by atoms with Crippen LogP contribution in [0.3, 0.4) is 0 Å². The maximum Gasteiger partial charge on any atom is 0.148 e. The van der Waals surface area contributed by atoms with E-state index in [-0.39, 0.29) is 0 Å². The number of ether oxygens (including phenoxy) is 2. The van der Waals surface area contributed by atoms with Crippen molar-refractivity contribution in [2.75, 3.05) is 14.2 Å². The van der Waals surface area contributed by atoms with Crippen LogP contribution in [0.4, 0.5) is 0 Å². The Balaban J connectivity index is 2.66. The Labute approximate surface area is 112 Å². The second-order valence-corrected chi connectivity index (χ2v) is 4.09. The van der Waals surface area contributed by atoms with Crippen LogP contribution in [-0.2, 0) is 7.05 Å². The molecule has 0 bridgehead atoms. The van der Waals surface area contributed by atoms with Crippen LogP contribution in [0.2, 0.25) is 0 Å². The number of hydrogen-bond donors (Lipinski definition) is 0. The molecule has 98 valence electrons. The first-order valence-electron chi connectivity index (χ1n) is 5.78. The Kier molecular flexibility index (Phi) is 3.43. The van der Waals surface area contributed by atoms with Gasteiger partial charge in [0.1, 0.15) is 34.8 Å². The lowest BCUT2D eigenvalue weighted by molar-refractivity contribution is 0.395. The maximum atomic E-state index is 9.26. The van der Waals surface area contributed by atoms with Gasteiger partial charge in [-0.05, 0) is 19.1 Å². The highest BCUT2D eigenvalue weighted by molar-refractivity contribution is 5.72. The molecule has 0 spiro atoms. The zero-order valence-corrected chi connectivity index (χ0v) is 11.4. The molecule has 0 fully saturated rings. The summed E-state index contributed by atoms with van der Waals surface area (Å²) in [6, 6.07) is 7.62. The smallest absolute Gasteiger partial charge is 0.148 e. The SMILES string of the molecule is COc1ccc(-c2nc(C)n(C)c2C#N)c(OC)c1. The minimum Gasteiger partial charge on any atom is -0.497 e. The summed E-state index contributed by atoms with van der Waals surface area (Å²) in [7, 11) is 5.00. The third kappa shape index (κ3) is 2.13. The van der Waals surface area contributed by atoms with Gasteiger partial charge in [0.15, 0.2) is 0 Å². The van der Waals surface area contributed by atoms with Crippen molar-refractivity contribution in [3.8, 4) is 28.8 Å². The number of aryl methyl sites for hydroxylation is 1. The molecule has 0 N–H and O–H groups in total. The monoisotopic (exact) mass is 257 g/mol. The number of nitriles is 1. The van der Waals surface area contributed by atoms with Crippen LogP contribution in [0.5, 0.6) is 11.5 Å². The maximum absolute atomic E-state index is 9.26. The van der Waals surface area contributed by atoms with Crippen LogP contribution in [0.15, 0.2) is 18.2 Å². The van der Waals surface area contributed by atoms with E-state index >= 15 is 0 Å². The van der Waals surface area contributed by atoms with Gasteiger partial charge in [-0.2, -0.15) is 5.26 Å². The number of imidazole rings is 1. The lowest BCUT2D eigenvalue weighted by Gasteiger charge is -2.09. The van der Waals surface area contributed by atoms with Crippen molar-refractivity contribution in [3.63, 3.8) is 0 Å². The molecule has 19 heavy (non-hydrogen) atoms. The summed E-state index contributed by atoms with van der Waals surface area (Å²) in [5.41, 5.74) is 1.92. The van der Waals surface area contributed by atoms with Crippen LogP contribution in [0, 0.1) is 18.3 Å². The highest BCUT2D eigenvalue weighted by Gasteiger charge is 2.17. The summed E-state index contributed by atoms with van der Waals surface area (Å²) in [5, 5.41) is 9.26. The van der Waals surface area contributed by atoms with Crippen molar-refractivity contribution in [1.82, 2.24) is 9.55 Å². The molecule has 0 aliphatic heterocycles. The van der Waals surface area contributed by atoms with Crippen molar-refractivity contribution in [3.05, 3.63) is 29.7 Å². The fraction of sp³-hybridized carbons (Fsp3) is 0.286. The van der Waals surface area contributed by atoms with E-state index < -0.39 is 0 Å². The summed E-state index contributed by atoms with van der Waals surface area (Å²) < 4.78 is 12.3. The molecule has 1 heterocycles. The molecule has 2 aromatic rings. The summed E-state index contributed by atoms with van der Waals surface area (Å²) in [6.45, 7) is 1.86. The van der Waals surface area contributed by atoms with Crippen molar-refractivity contribution in [1.29, 1.82) is 5.26 Å². The Morgan fingerprint density at radius 1 is 1.26 bits per heavy atom. The van der Waals surface area contributed by atoms with Gasteiger partial charge in [0.05, 0.1) is 14.2 Å². The van der Waals surface area contributed by atoms with Gasteiger partial charge in [0.2, 0.25) is 0 Å². The number of nitrogens with zero attached hydrogens (tertiary/aromatic N) is 3. The fourth-order valence-corrected chi connectivity index (χ4v) is 1.92. The molecule has 0 saturated carbocycles. The van der Waals surface area contributed by atoms with E-state index in [1.54, 1.807) is 24.9 Å². The van der Waals surface area contributed by atoms with Gasteiger partial charge in [-0.1, -0.05) is 0 Å². The average molecular weight is 257 g/mol. The molecule has 2 rings (SSSR count). The van der Waals surface area contributed by atoms with Crippen LogP contribution in [0.1, 0.15) is 11.5 Å². The Hall–Kier alpha value is -2.48. The molecule has 0 atom stereocenters. The molecule has 0 unspecified atom stereocenters. The lowest BCUT2D eigenvalue weighted by Crippen LogP contribution is -1.95. The van der Waals surface area contributed by atoms with Crippen LogP contribution < -0.4 is 9.47 Å². The third-order valence-electron chi connectivity index (χ3n) is 3.09. The molecule has 0 amide bonds. The summed E-state index contributed by atoms with van der Waals surface area (Å²) >= 11 is 0. The topological polar surface area (TPSA) is 60.1 Å². The zero-order valence-electron chi connectivity index (χ0n) is 11.4. The van der Waals surface area contributed by atoms with Crippen LogP contribution in [-0.4, -0.2) is 23.8 Å². The molecule has 0 aliphatic carbocycles. The van der Waals surface area contributed by atoms with E-state index in [0.717, 1.165) is 11.4 Å². The number of rotatable bonds is 3. The number of aromatic nitrogens is 2. The largest absolute Gasteiger partial charge is 0.497 e. The van der Waals surface area contributed by atoms with E-state index in [2.05, 4.69) is 11.1 Å². The molecule has 5 nitrogen and oxygen atoms in total. The standard InChI is InChI=1S/C14H15N3O2/c1-9-16-14(12(8-15)17(9)2)11-6-5-10(18-3)7-13(11)19-4/h5-7H,1-4H3. The van der Waals surface area contributed by atoms with Gasteiger partial charge in [-0.25, -0.2) is 4.98 Å². The predicted molar refractivity (Wildman–Crippen MR) is 71.2 cm³/mol.